The van der Waals surface area contributed by atoms with Crippen molar-refractivity contribution in [2.45, 2.75) is 13.5 Å². The van der Waals surface area contributed by atoms with Gasteiger partial charge in [-0.3, -0.25) is 0 Å². The minimum Gasteiger partial charge on any atom is -0.368 e. The van der Waals surface area contributed by atoms with Gasteiger partial charge >= 0.3 is 0 Å². The second-order valence-corrected chi connectivity index (χ2v) is 5.28. The van der Waals surface area contributed by atoms with Gasteiger partial charge in [0.05, 0.1) is 6.54 Å². The highest BCUT2D eigenvalue weighted by Crippen LogP contribution is 2.20. The second kappa shape index (κ2) is 4.80. The first-order valence-corrected chi connectivity index (χ1v) is 6.10. The van der Waals surface area contributed by atoms with Crippen LogP contribution in [0.5, 0.6) is 0 Å². The van der Waals surface area contributed by atoms with Crippen LogP contribution < -0.4 is 4.90 Å². The predicted octanol–water partition coefficient (Wildman–Crippen LogP) is 3.14. The van der Waals surface area contributed by atoms with Crippen LogP contribution in [0.25, 0.3) is 0 Å². The average Bonchev–Trinajstić information content (AvgIpc) is 2.65. The Kier molecular flexibility index (Phi) is 3.41. The minimum atomic E-state index is 0.493. The van der Waals surface area contributed by atoms with Crippen molar-refractivity contribution < 1.29 is 0 Å². The average molecular weight is 254 g/mol. The van der Waals surface area contributed by atoms with E-state index in [1.807, 2.05) is 7.05 Å². The standard InChI is InChI=1S/C11H12ClN3S/c1-8-3-5-9(6-4-8)15(2)7-10-13-14-11(12)16-10/h3-6H,7H2,1-2H3. The van der Waals surface area contributed by atoms with Gasteiger partial charge in [0, 0.05) is 12.7 Å². The summed E-state index contributed by atoms with van der Waals surface area (Å²) in [4.78, 5) is 2.12. The van der Waals surface area contributed by atoms with Crippen LogP contribution in [0.4, 0.5) is 5.69 Å². The normalized spacial score (nSPS) is 10.4. The van der Waals surface area contributed by atoms with Crippen LogP contribution >= 0.6 is 22.9 Å². The maximum atomic E-state index is 5.74. The smallest absolute Gasteiger partial charge is 0.207 e. The third-order valence-electron chi connectivity index (χ3n) is 2.29. The summed E-state index contributed by atoms with van der Waals surface area (Å²) in [7, 11) is 2.03. The van der Waals surface area contributed by atoms with E-state index in [0.717, 1.165) is 17.2 Å². The molecule has 0 bridgehead atoms. The van der Waals surface area contributed by atoms with E-state index in [1.54, 1.807) is 0 Å². The van der Waals surface area contributed by atoms with Gasteiger partial charge in [-0.1, -0.05) is 29.0 Å². The molecule has 0 aliphatic rings. The highest BCUT2D eigenvalue weighted by Gasteiger charge is 2.06. The van der Waals surface area contributed by atoms with Gasteiger partial charge in [-0.2, -0.15) is 0 Å². The largest absolute Gasteiger partial charge is 0.368 e. The lowest BCUT2D eigenvalue weighted by molar-refractivity contribution is 0.880. The molecule has 16 heavy (non-hydrogen) atoms. The molecule has 1 aromatic heterocycles. The highest BCUT2D eigenvalue weighted by atomic mass is 35.5. The summed E-state index contributed by atoms with van der Waals surface area (Å²) in [6, 6.07) is 8.38. The molecular weight excluding hydrogens is 242 g/mol. The Bertz CT molecular complexity index is 466. The monoisotopic (exact) mass is 253 g/mol. The van der Waals surface area contributed by atoms with E-state index in [4.69, 9.17) is 11.6 Å². The van der Waals surface area contributed by atoms with E-state index in [1.165, 1.54) is 16.9 Å². The molecule has 0 unspecified atom stereocenters. The number of aromatic nitrogens is 2. The van der Waals surface area contributed by atoms with Crippen molar-refractivity contribution in [3.05, 3.63) is 39.3 Å². The molecule has 0 spiro atoms. The van der Waals surface area contributed by atoms with Crippen molar-refractivity contribution in [3.8, 4) is 0 Å². The van der Waals surface area contributed by atoms with Crippen molar-refractivity contribution in [1.29, 1.82) is 0 Å². The van der Waals surface area contributed by atoms with Crippen LogP contribution in [0, 0.1) is 6.92 Å². The van der Waals surface area contributed by atoms with Gasteiger partial charge in [0.1, 0.15) is 5.01 Å². The molecular formula is C11H12ClN3S. The lowest BCUT2D eigenvalue weighted by Crippen LogP contribution is -2.16. The highest BCUT2D eigenvalue weighted by molar-refractivity contribution is 7.15. The van der Waals surface area contributed by atoms with Crippen LogP contribution in [-0.4, -0.2) is 17.2 Å². The van der Waals surface area contributed by atoms with Gasteiger partial charge in [-0.25, -0.2) is 0 Å². The summed E-state index contributed by atoms with van der Waals surface area (Å²) in [6.07, 6.45) is 0. The molecule has 0 saturated heterocycles. The predicted molar refractivity (Wildman–Crippen MR) is 68.2 cm³/mol. The number of anilines is 1. The molecule has 3 nitrogen and oxygen atoms in total. The molecule has 1 heterocycles. The fourth-order valence-corrected chi connectivity index (χ4v) is 2.31. The number of nitrogens with zero attached hydrogens (tertiary/aromatic N) is 3. The molecule has 2 rings (SSSR count). The van der Waals surface area contributed by atoms with Crippen LogP contribution in [-0.2, 0) is 6.54 Å². The molecule has 2 aromatic rings. The van der Waals surface area contributed by atoms with Crippen molar-refractivity contribution in [3.63, 3.8) is 0 Å². The van der Waals surface area contributed by atoms with E-state index >= 15 is 0 Å². The number of halogens is 1. The first-order valence-electron chi connectivity index (χ1n) is 4.91. The SMILES string of the molecule is Cc1ccc(N(C)Cc2nnc(Cl)s2)cc1. The molecule has 0 aliphatic heterocycles. The van der Waals surface area contributed by atoms with Crippen molar-refractivity contribution in [2.24, 2.45) is 0 Å². The third-order valence-corrected chi connectivity index (χ3v) is 3.29. The second-order valence-electron chi connectivity index (χ2n) is 3.64. The van der Waals surface area contributed by atoms with Gasteiger partial charge in [0.15, 0.2) is 0 Å². The molecule has 0 fully saturated rings. The lowest BCUT2D eigenvalue weighted by Gasteiger charge is -2.17. The lowest BCUT2D eigenvalue weighted by atomic mass is 10.2. The fraction of sp³-hybridized carbons (Fsp3) is 0.273. The van der Waals surface area contributed by atoms with E-state index in [0.29, 0.717) is 4.47 Å². The first kappa shape index (κ1) is 11.4. The molecule has 0 aliphatic carbocycles. The topological polar surface area (TPSA) is 29.0 Å². The zero-order valence-electron chi connectivity index (χ0n) is 9.14. The van der Waals surface area contributed by atoms with Crippen molar-refractivity contribution in [1.82, 2.24) is 10.2 Å². The van der Waals surface area contributed by atoms with Gasteiger partial charge in [0.25, 0.3) is 0 Å². The minimum absolute atomic E-state index is 0.493. The summed E-state index contributed by atoms with van der Waals surface area (Å²) in [5.74, 6) is 0. The number of benzene rings is 1. The van der Waals surface area contributed by atoms with Crippen molar-refractivity contribution in [2.75, 3.05) is 11.9 Å². The van der Waals surface area contributed by atoms with Gasteiger partial charge < -0.3 is 4.90 Å². The summed E-state index contributed by atoms with van der Waals surface area (Å²) >= 11 is 7.15. The Hall–Kier alpha value is -1.13. The summed E-state index contributed by atoms with van der Waals surface area (Å²) < 4.78 is 0.493. The quantitative estimate of drug-likeness (QED) is 0.842. The molecule has 0 N–H and O–H groups in total. The van der Waals surface area contributed by atoms with E-state index in [9.17, 15) is 0 Å². The summed E-state index contributed by atoms with van der Waals surface area (Å²) in [6.45, 7) is 2.81. The van der Waals surface area contributed by atoms with Crippen LogP contribution in [0.3, 0.4) is 0 Å². The molecule has 5 heteroatoms. The van der Waals surface area contributed by atoms with Gasteiger partial charge in [0.2, 0.25) is 4.47 Å². The number of aryl methyl sites for hydroxylation is 1. The van der Waals surface area contributed by atoms with E-state index < -0.39 is 0 Å². The van der Waals surface area contributed by atoms with E-state index in [-0.39, 0.29) is 0 Å². The number of rotatable bonds is 3. The Balaban J connectivity index is 2.08. The molecule has 1 aromatic carbocycles. The fourth-order valence-electron chi connectivity index (χ4n) is 1.39. The zero-order chi connectivity index (χ0) is 11.5. The number of hydrogen-bond donors (Lipinski definition) is 0. The molecule has 84 valence electrons. The zero-order valence-corrected chi connectivity index (χ0v) is 10.7. The van der Waals surface area contributed by atoms with Gasteiger partial charge in [-0.05, 0) is 30.7 Å². The summed E-state index contributed by atoms with van der Waals surface area (Å²) in [5, 5.41) is 8.70. The molecule has 0 radical (unpaired) electrons. The molecule has 0 amide bonds. The van der Waals surface area contributed by atoms with Crippen LogP contribution in [0.2, 0.25) is 4.47 Å². The maximum absolute atomic E-state index is 5.74. The Morgan fingerprint density at radius 2 is 1.94 bits per heavy atom. The van der Waals surface area contributed by atoms with Crippen LogP contribution in [0.1, 0.15) is 10.6 Å². The van der Waals surface area contributed by atoms with Crippen LogP contribution in [0.15, 0.2) is 24.3 Å². The Morgan fingerprint density at radius 3 is 2.50 bits per heavy atom. The summed E-state index contributed by atoms with van der Waals surface area (Å²) in [5.41, 5.74) is 2.42. The Morgan fingerprint density at radius 1 is 1.25 bits per heavy atom. The molecule has 0 saturated carbocycles. The van der Waals surface area contributed by atoms with Crippen molar-refractivity contribution >= 4 is 28.6 Å². The van der Waals surface area contributed by atoms with E-state index in [2.05, 4.69) is 46.3 Å². The first-order chi connectivity index (χ1) is 7.65. The maximum Gasteiger partial charge on any atom is 0.207 e. The molecule has 0 atom stereocenters. The third kappa shape index (κ3) is 2.71. The number of hydrogen-bond acceptors (Lipinski definition) is 4. The van der Waals surface area contributed by atoms with Gasteiger partial charge in [-0.15, -0.1) is 10.2 Å². The Labute approximate surface area is 104 Å².